The fourth-order valence-corrected chi connectivity index (χ4v) is 3.36. The number of carbonyl (C=O) groups is 2. The van der Waals surface area contributed by atoms with E-state index in [-0.39, 0.29) is 29.9 Å². The van der Waals surface area contributed by atoms with Gasteiger partial charge in [-0.3, -0.25) is 14.9 Å². The van der Waals surface area contributed by atoms with E-state index in [0.717, 1.165) is 0 Å². The highest BCUT2D eigenvalue weighted by molar-refractivity contribution is 6.35. The van der Waals surface area contributed by atoms with Gasteiger partial charge in [0.15, 0.2) is 25.1 Å². The van der Waals surface area contributed by atoms with E-state index in [9.17, 15) is 9.59 Å². The monoisotopic (exact) mass is 465 g/mol. The summed E-state index contributed by atoms with van der Waals surface area (Å²) in [5, 5.41) is 2.50. The summed E-state index contributed by atoms with van der Waals surface area (Å²) in [7, 11) is 3.14. The molecular weight excluding hydrogens is 442 g/mol. The van der Waals surface area contributed by atoms with Gasteiger partial charge in [-0.15, -0.1) is 0 Å². The van der Waals surface area contributed by atoms with Crippen LogP contribution >= 0.6 is 11.6 Å². The van der Waals surface area contributed by atoms with E-state index in [1.54, 1.807) is 44.6 Å². The zero-order chi connectivity index (χ0) is 22.9. The van der Waals surface area contributed by atoms with Crippen LogP contribution in [0.25, 0.3) is 11.1 Å². The Bertz CT molecular complexity index is 965. The van der Waals surface area contributed by atoms with E-state index in [0.29, 0.717) is 48.9 Å². The van der Waals surface area contributed by atoms with Crippen LogP contribution in [0, 0.1) is 0 Å². The van der Waals surface area contributed by atoms with Gasteiger partial charge in [-0.25, -0.2) is 0 Å². The molecular formula is C22H24ClNO8. The molecule has 0 spiro atoms. The van der Waals surface area contributed by atoms with Crippen LogP contribution in [0.3, 0.4) is 0 Å². The molecule has 3 rings (SSSR count). The van der Waals surface area contributed by atoms with E-state index in [2.05, 4.69) is 5.32 Å². The summed E-state index contributed by atoms with van der Waals surface area (Å²) in [5.41, 5.74) is 1.57. The maximum Gasteiger partial charge on any atom is 0.259 e. The van der Waals surface area contributed by atoms with Crippen molar-refractivity contribution in [2.75, 3.05) is 54.2 Å². The van der Waals surface area contributed by atoms with Crippen molar-refractivity contribution in [3.05, 3.63) is 46.5 Å². The van der Waals surface area contributed by atoms with Crippen molar-refractivity contribution in [1.29, 1.82) is 0 Å². The Kier molecular flexibility index (Phi) is 8.83. The molecule has 0 saturated heterocycles. The van der Waals surface area contributed by atoms with E-state index in [1.807, 2.05) is 0 Å². The van der Waals surface area contributed by atoms with Crippen molar-refractivity contribution >= 4 is 23.4 Å². The summed E-state index contributed by atoms with van der Waals surface area (Å²) in [6.45, 7) is 1.39. The first kappa shape index (κ1) is 24.0. The minimum atomic E-state index is -0.478. The summed E-state index contributed by atoms with van der Waals surface area (Å²) in [6, 6.07) is 8.33. The lowest BCUT2D eigenvalue weighted by atomic mass is 9.96. The van der Waals surface area contributed by atoms with Gasteiger partial charge in [0.05, 0.1) is 42.6 Å². The molecule has 9 nitrogen and oxygen atoms in total. The molecule has 0 bridgehead atoms. The molecule has 0 aromatic heterocycles. The van der Waals surface area contributed by atoms with Crippen molar-refractivity contribution in [3.63, 3.8) is 0 Å². The highest BCUT2D eigenvalue weighted by Gasteiger charge is 2.30. The molecule has 2 amide bonds. The Hall–Kier alpha value is -2.69. The molecule has 0 unspecified atom stereocenters. The first-order valence-corrected chi connectivity index (χ1v) is 10.2. The summed E-state index contributed by atoms with van der Waals surface area (Å²) >= 11 is 6.67. The quantitative estimate of drug-likeness (QED) is 0.274. The number of fused-ring (bicyclic) bond motifs is 1. The maximum atomic E-state index is 12.3. The number of nitrogens with one attached hydrogen (secondary N) is 1. The molecule has 0 fully saturated rings. The van der Waals surface area contributed by atoms with Gasteiger partial charge >= 0.3 is 0 Å². The second-order valence-corrected chi connectivity index (χ2v) is 6.97. The lowest BCUT2D eigenvalue weighted by Crippen LogP contribution is -2.20. The van der Waals surface area contributed by atoms with E-state index >= 15 is 0 Å². The number of halogens is 1. The van der Waals surface area contributed by atoms with Gasteiger partial charge in [-0.05, 0) is 23.8 Å². The maximum absolute atomic E-state index is 12.3. The highest BCUT2D eigenvalue weighted by Crippen LogP contribution is 2.43. The standard InChI is InChI=1S/C22H24ClNO8/c1-27-8-10-29-12-31-17-7-6-15(19(23)20(17)32-13-30-11-9-28-2)14-4-3-5-16-18(14)22(26)24-21(16)25/h3-7H,8-13H2,1-2H3,(H,24,25,26). The van der Waals surface area contributed by atoms with Crippen LogP contribution in [0.1, 0.15) is 20.7 Å². The van der Waals surface area contributed by atoms with Gasteiger partial charge in [0.25, 0.3) is 11.8 Å². The first-order chi connectivity index (χ1) is 15.6. The van der Waals surface area contributed by atoms with Gasteiger partial charge < -0.3 is 28.4 Å². The number of methoxy groups -OCH3 is 2. The number of hydrogen-bond acceptors (Lipinski definition) is 8. The molecule has 10 heteroatoms. The Labute approximate surface area is 190 Å². The topological polar surface area (TPSA) is 102 Å². The van der Waals surface area contributed by atoms with Crippen LogP contribution < -0.4 is 14.8 Å². The number of ether oxygens (including phenoxy) is 6. The Morgan fingerprint density at radius 2 is 1.44 bits per heavy atom. The lowest BCUT2D eigenvalue weighted by Gasteiger charge is -2.17. The zero-order valence-electron chi connectivity index (χ0n) is 17.8. The average Bonchev–Trinajstić information content (AvgIpc) is 3.09. The first-order valence-electron chi connectivity index (χ1n) is 9.79. The number of benzene rings is 2. The number of imide groups is 1. The molecule has 2 aromatic carbocycles. The predicted molar refractivity (Wildman–Crippen MR) is 115 cm³/mol. The SMILES string of the molecule is COCCOCOc1ccc(-c2cccc3c2C(=O)NC3=O)c(Cl)c1OCOCCOC. The van der Waals surface area contributed by atoms with Crippen molar-refractivity contribution in [2.45, 2.75) is 0 Å². The molecule has 1 N–H and O–H groups in total. The third kappa shape index (κ3) is 5.56. The lowest BCUT2D eigenvalue weighted by molar-refractivity contribution is -0.0206. The van der Waals surface area contributed by atoms with E-state index < -0.39 is 11.8 Å². The van der Waals surface area contributed by atoms with Crippen LogP contribution in [0.5, 0.6) is 11.5 Å². The minimum absolute atomic E-state index is 0.0441. The fraction of sp³-hybridized carbons (Fsp3) is 0.364. The van der Waals surface area contributed by atoms with Crippen LogP contribution in [0.4, 0.5) is 0 Å². The molecule has 1 aliphatic heterocycles. The largest absolute Gasteiger partial charge is 0.464 e. The van der Waals surface area contributed by atoms with E-state index in [1.165, 1.54) is 0 Å². The Morgan fingerprint density at radius 3 is 2.12 bits per heavy atom. The van der Waals surface area contributed by atoms with Gasteiger partial charge in [-0.1, -0.05) is 23.7 Å². The predicted octanol–water partition coefficient (Wildman–Crippen LogP) is 2.89. The van der Waals surface area contributed by atoms with Gasteiger partial charge in [0.2, 0.25) is 0 Å². The molecule has 0 radical (unpaired) electrons. The summed E-state index contributed by atoms with van der Waals surface area (Å²) in [4.78, 5) is 24.4. The molecule has 0 aliphatic carbocycles. The normalized spacial score (nSPS) is 12.6. The highest BCUT2D eigenvalue weighted by atomic mass is 35.5. The number of amides is 2. The summed E-state index contributed by atoms with van der Waals surface area (Å²) < 4.78 is 32.0. The van der Waals surface area contributed by atoms with Crippen molar-refractivity contribution in [2.24, 2.45) is 0 Å². The minimum Gasteiger partial charge on any atom is -0.464 e. The average molecular weight is 466 g/mol. The number of rotatable bonds is 13. The molecule has 32 heavy (non-hydrogen) atoms. The third-order valence-corrected chi connectivity index (χ3v) is 4.94. The van der Waals surface area contributed by atoms with Gasteiger partial charge in [0.1, 0.15) is 0 Å². The molecule has 0 atom stereocenters. The van der Waals surface area contributed by atoms with Crippen LogP contribution in [0.2, 0.25) is 5.02 Å². The Morgan fingerprint density at radius 1 is 0.781 bits per heavy atom. The Balaban J connectivity index is 1.89. The molecule has 1 heterocycles. The van der Waals surface area contributed by atoms with E-state index in [4.69, 9.17) is 40.0 Å². The van der Waals surface area contributed by atoms with Gasteiger partial charge in [-0.2, -0.15) is 0 Å². The molecule has 1 aliphatic rings. The van der Waals surface area contributed by atoms with Crippen LogP contribution in [-0.4, -0.2) is 66.0 Å². The van der Waals surface area contributed by atoms with Crippen molar-refractivity contribution < 1.29 is 38.0 Å². The zero-order valence-corrected chi connectivity index (χ0v) is 18.5. The molecule has 172 valence electrons. The molecule has 2 aromatic rings. The van der Waals surface area contributed by atoms with Crippen molar-refractivity contribution in [3.8, 4) is 22.6 Å². The van der Waals surface area contributed by atoms with Crippen LogP contribution in [-0.2, 0) is 18.9 Å². The van der Waals surface area contributed by atoms with Crippen molar-refractivity contribution in [1.82, 2.24) is 5.32 Å². The third-order valence-electron chi connectivity index (χ3n) is 4.56. The fourth-order valence-electron chi connectivity index (χ4n) is 3.05. The smallest absolute Gasteiger partial charge is 0.259 e. The summed E-state index contributed by atoms with van der Waals surface area (Å²) in [6.07, 6.45) is 0. The molecule has 0 saturated carbocycles. The number of carbonyl (C=O) groups excluding carboxylic acids is 2. The second-order valence-electron chi connectivity index (χ2n) is 6.59. The van der Waals surface area contributed by atoms with Crippen LogP contribution in [0.15, 0.2) is 30.3 Å². The second kappa shape index (κ2) is 11.8. The van der Waals surface area contributed by atoms with Gasteiger partial charge in [0, 0.05) is 19.8 Å². The summed E-state index contributed by atoms with van der Waals surface area (Å²) in [5.74, 6) is -0.369. The number of hydrogen-bond donors (Lipinski definition) is 1.